The molecule has 0 unspecified atom stereocenters. The Morgan fingerprint density at radius 1 is 0.917 bits per heavy atom. The second kappa shape index (κ2) is 12.6. The van der Waals surface area contributed by atoms with Crippen molar-refractivity contribution in [3.63, 3.8) is 0 Å². The van der Waals surface area contributed by atoms with Gasteiger partial charge in [0.05, 0.1) is 0 Å². The van der Waals surface area contributed by atoms with Crippen LogP contribution in [0.15, 0.2) is 0 Å². The minimum atomic E-state index is -0.870. The van der Waals surface area contributed by atoms with Crippen molar-refractivity contribution in [3.8, 4) is 0 Å². The fourth-order valence-electron chi connectivity index (χ4n) is 0.552. The maximum atomic E-state index is 9.90. The zero-order valence-corrected chi connectivity index (χ0v) is 12.7. The van der Waals surface area contributed by atoms with Crippen LogP contribution in [-0.2, 0) is 9.59 Å². The fourth-order valence-corrected chi connectivity index (χ4v) is 0.552. The van der Waals surface area contributed by atoms with E-state index in [2.05, 4.69) is 0 Å². The van der Waals surface area contributed by atoms with Crippen LogP contribution in [0.3, 0.4) is 0 Å². The van der Waals surface area contributed by atoms with Gasteiger partial charge in [0.1, 0.15) is 0 Å². The Balaban J connectivity index is -0.000000405. The van der Waals surface area contributed by atoms with Gasteiger partial charge in [-0.25, -0.2) is 0 Å². The molecular formula is C6H10KNaO4. The van der Waals surface area contributed by atoms with E-state index < -0.39 is 11.9 Å². The average molecular weight is 208 g/mol. The van der Waals surface area contributed by atoms with Gasteiger partial charge in [-0.05, 0) is 12.8 Å². The van der Waals surface area contributed by atoms with E-state index in [4.69, 9.17) is 10.2 Å². The number of aliphatic carboxylic acids is 2. The molecule has 2 radical (unpaired) electrons. The van der Waals surface area contributed by atoms with E-state index >= 15 is 0 Å². The number of hydrogen-bond acceptors (Lipinski definition) is 2. The molecule has 0 rings (SSSR count). The second-order valence-corrected chi connectivity index (χ2v) is 1.99. The second-order valence-electron chi connectivity index (χ2n) is 1.99. The summed E-state index contributed by atoms with van der Waals surface area (Å²) >= 11 is 0. The van der Waals surface area contributed by atoms with Crippen molar-refractivity contribution in [2.45, 2.75) is 25.7 Å². The Kier molecular flexibility index (Phi) is 20.1. The van der Waals surface area contributed by atoms with Gasteiger partial charge in [-0.3, -0.25) is 9.59 Å². The number of carboxylic acid groups (broad SMARTS) is 2. The van der Waals surface area contributed by atoms with Crippen molar-refractivity contribution in [3.05, 3.63) is 0 Å². The van der Waals surface area contributed by atoms with Crippen molar-refractivity contribution < 1.29 is 19.8 Å². The van der Waals surface area contributed by atoms with E-state index in [-0.39, 0.29) is 93.8 Å². The van der Waals surface area contributed by atoms with E-state index in [9.17, 15) is 9.59 Å². The van der Waals surface area contributed by atoms with Crippen LogP contribution in [0.1, 0.15) is 25.7 Å². The van der Waals surface area contributed by atoms with Crippen molar-refractivity contribution in [2.24, 2.45) is 0 Å². The van der Waals surface area contributed by atoms with Crippen LogP contribution in [0.5, 0.6) is 0 Å². The largest absolute Gasteiger partial charge is 0.481 e. The van der Waals surface area contributed by atoms with Gasteiger partial charge in [0.15, 0.2) is 0 Å². The number of carboxylic acids is 2. The summed E-state index contributed by atoms with van der Waals surface area (Å²) in [6.45, 7) is 0. The molecular weight excluding hydrogens is 198 g/mol. The first-order chi connectivity index (χ1) is 4.63. The minimum absolute atomic E-state index is 0. The maximum Gasteiger partial charge on any atom is 0.303 e. The average Bonchev–Trinajstić information content (AvgIpc) is 1.79. The molecule has 0 bridgehead atoms. The molecule has 0 spiro atoms. The summed E-state index contributed by atoms with van der Waals surface area (Å²) < 4.78 is 0. The molecule has 6 heteroatoms. The van der Waals surface area contributed by atoms with Gasteiger partial charge < -0.3 is 10.2 Å². The molecule has 0 fully saturated rings. The molecule has 0 aromatic heterocycles. The molecule has 2 N–H and O–H groups in total. The third kappa shape index (κ3) is 17.6. The Labute approximate surface area is 136 Å². The molecule has 0 aliphatic carbocycles. The number of unbranched alkanes of at least 4 members (excludes halogenated alkanes) is 1. The molecule has 0 aliphatic rings. The van der Waals surface area contributed by atoms with Gasteiger partial charge in [0.25, 0.3) is 0 Å². The molecule has 4 nitrogen and oxygen atoms in total. The number of hydrogen-bond donors (Lipinski definition) is 2. The first-order valence-electron chi connectivity index (χ1n) is 3.06. The van der Waals surface area contributed by atoms with E-state index in [1.54, 1.807) is 0 Å². The van der Waals surface area contributed by atoms with Gasteiger partial charge in [-0.2, -0.15) is 0 Å². The summed E-state index contributed by atoms with van der Waals surface area (Å²) in [7, 11) is 0. The van der Waals surface area contributed by atoms with Crippen molar-refractivity contribution in [1.82, 2.24) is 0 Å². The summed E-state index contributed by atoms with van der Waals surface area (Å²) in [6, 6.07) is 0. The van der Waals surface area contributed by atoms with Gasteiger partial charge in [0, 0.05) is 93.8 Å². The van der Waals surface area contributed by atoms with E-state index in [0.29, 0.717) is 12.8 Å². The molecule has 0 heterocycles. The molecule has 0 amide bonds. The zero-order valence-electron chi connectivity index (χ0n) is 7.54. The number of carbonyl (C=O) groups is 2. The van der Waals surface area contributed by atoms with Crippen LogP contribution in [0.4, 0.5) is 0 Å². The predicted octanol–water partition coefficient (Wildman–Crippen LogP) is -0.0456. The third-order valence-electron chi connectivity index (χ3n) is 1.03. The van der Waals surface area contributed by atoms with E-state index in [1.165, 1.54) is 0 Å². The first-order valence-corrected chi connectivity index (χ1v) is 3.06. The molecule has 0 aliphatic heterocycles. The van der Waals surface area contributed by atoms with Crippen LogP contribution in [0, 0.1) is 0 Å². The predicted molar refractivity (Wildman–Crippen MR) is 45.2 cm³/mol. The Morgan fingerprint density at radius 3 is 1.33 bits per heavy atom. The molecule has 0 saturated carbocycles. The fraction of sp³-hybridized carbons (Fsp3) is 0.667. The van der Waals surface area contributed by atoms with Crippen LogP contribution in [0.2, 0.25) is 0 Å². The standard InChI is InChI=1S/C6H10O4.K.Na/c7-5(8)3-1-2-4-6(9)10;;/h1-4H2,(H,7,8)(H,9,10);;. The summed E-state index contributed by atoms with van der Waals surface area (Å²) in [6.07, 6.45) is 1.02. The monoisotopic (exact) mass is 208 g/mol. The van der Waals surface area contributed by atoms with Crippen molar-refractivity contribution in [1.29, 1.82) is 0 Å². The Hall–Kier alpha value is 1.58. The molecule has 12 heavy (non-hydrogen) atoms. The molecule has 0 aromatic carbocycles. The molecule has 0 aromatic rings. The normalized spacial score (nSPS) is 7.67. The van der Waals surface area contributed by atoms with Crippen molar-refractivity contribution in [2.75, 3.05) is 0 Å². The van der Waals surface area contributed by atoms with E-state index in [1.807, 2.05) is 0 Å². The van der Waals surface area contributed by atoms with Gasteiger partial charge in [-0.15, -0.1) is 0 Å². The van der Waals surface area contributed by atoms with E-state index in [0.717, 1.165) is 0 Å². The summed E-state index contributed by atoms with van der Waals surface area (Å²) in [5.74, 6) is -1.74. The van der Waals surface area contributed by atoms with Gasteiger partial charge in [-0.1, -0.05) is 0 Å². The van der Waals surface area contributed by atoms with Crippen LogP contribution in [-0.4, -0.2) is 103 Å². The molecule has 0 saturated heterocycles. The third-order valence-corrected chi connectivity index (χ3v) is 1.03. The summed E-state index contributed by atoms with van der Waals surface area (Å²) in [4.78, 5) is 19.8. The Bertz CT molecular complexity index is 124. The topological polar surface area (TPSA) is 74.6 Å². The quantitative estimate of drug-likeness (QED) is 0.491. The smallest absolute Gasteiger partial charge is 0.303 e. The maximum absolute atomic E-state index is 9.90. The number of rotatable bonds is 5. The molecule has 60 valence electrons. The van der Waals surface area contributed by atoms with Crippen LogP contribution in [0.25, 0.3) is 0 Å². The first kappa shape index (κ1) is 19.2. The minimum Gasteiger partial charge on any atom is -0.481 e. The van der Waals surface area contributed by atoms with Gasteiger partial charge >= 0.3 is 11.9 Å². The van der Waals surface area contributed by atoms with Crippen LogP contribution < -0.4 is 0 Å². The summed E-state index contributed by atoms with van der Waals surface area (Å²) in [5, 5.41) is 16.3. The summed E-state index contributed by atoms with van der Waals surface area (Å²) in [5.41, 5.74) is 0. The Morgan fingerprint density at radius 2 is 1.17 bits per heavy atom. The zero-order chi connectivity index (χ0) is 7.98. The van der Waals surface area contributed by atoms with Gasteiger partial charge in [0.2, 0.25) is 0 Å². The van der Waals surface area contributed by atoms with Crippen molar-refractivity contribution >= 4 is 92.9 Å². The van der Waals surface area contributed by atoms with Crippen LogP contribution >= 0.6 is 0 Å². The SMILES string of the molecule is O=C(O)CCCCC(=O)O.[K].[Na]. The molecule has 0 atom stereocenters.